The summed E-state index contributed by atoms with van der Waals surface area (Å²) in [6.45, 7) is 6.59. The highest BCUT2D eigenvalue weighted by Gasteiger charge is 2.29. The minimum atomic E-state index is -3.25. The maximum Gasteiger partial charge on any atom is 0.163 e. The van der Waals surface area contributed by atoms with E-state index in [2.05, 4.69) is 5.32 Å². The van der Waals surface area contributed by atoms with Crippen LogP contribution in [0.4, 0.5) is 0 Å². The number of ketones is 1. The molecule has 0 aliphatic carbocycles. The van der Waals surface area contributed by atoms with Crippen molar-refractivity contribution >= 4 is 15.6 Å². The summed E-state index contributed by atoms with van der Waals surface area (Å²) >= 11 is 0. The molecule has 5 heteroatoms. The smallest absolute Gasteiger partial charge is 0.163 e. The van der Waals surface area contributed by atoms with Crippen LogP contribution < -0.4 is 5.32 Å². The molecule has 1 aliphatic heterocycles. The third-order valence-corrected chi connectivity index (χ3v) is 6.30. The zero-order valence-corrected chi connectivity index (χ0v) is 13.0. The molecule has 4 nitrogen and oxygen atoms in total. The number of sulfone groups is 1. The van der Waals surface area contributed by atoms with Gasteiger partial charge in [0.15, 0.2) is 15.6 Å². The molecule has 110 valence electrons. The molecule has 0 saturated carbocycles. The largest absolute Gasteiger partial charge is 0.309 e. The van der Waals surface area contributed by atoms with Gasteiger partial charge in [-0.25, -0.2) is 8.42 Å². The van der Waals surface area contributed by atoms with Gasteiger partial charge in [0.2, 0.25) is 0 Å². The van der Waals surface area contributed by atoms with Gasteiger partial charge >= 0.3 is 0 Å². The molecule has 1 heterocycles. The monoisotopic (exact) mass is 295 g/mol. The van der Waals surface area contributed by atoms with Crippen LogP contribution in [0.15, 0.2) is 18.2 Å². The molecular weight excluding hydrogens is 274 g/mol. The average Bonchev–Trinajstić information content (AvgIpc) is 2.81. The van der Waals surface area contributed by atoms with Crippen LogP contribution in [0.1, 0.15) is 48.7 Å². The lowest BCUT2D eigenvalue weighted by Crippen LogP contribution is -2.31. The van der Waals surface area contributed by atoms with E-state index in [0.717, 1.165) is 18.7 Å². The fourth-order valence-electron chi connectivity index (χ4n) is 2.15. The van der Waals surface area contributed by atoms with E-state index in [1.165, 1.54) is 5.56 Å². The molecule has 0 radical (unpaired) electrons. The molecule has 0 amide bonds. The van der Waals surface area contributed by atoms with Crippen molar-refractivity contribution in [3.05, 3.63) is 34.9 Å². The summed E-state index contributed by atoms with van der Waals surface area (Å²) in [5, 5.41) is 3.22. The quantitative estimate of drug-likeness (QED) is 0.864. The minimum Gasteiger partial charge on any atom is -0.309 e. The molecule has 1 aromatic rings. The highest BCUT2D eigenvalue weighted by atomic mass is 32.2. The third kappa shape index (κ3) is 3.10. The third-order valence-electron chi connectivity index (χ3n) is 3.69. The topological polar surface area (TPSA) is 63.2 Å². The van der Waals surface area contributed by atoms with Crippen molar-refractivity contribution in [2.24, 2.45) is 0 Å². The Labute approximate surface area is 120 Å². The first kappa shape index (κ1) is 15.2. The van der Waals surface area contributed by atoms with Crippen molar-refractivity contribution in [1.29, 1.82) is 0 Å². The number of rotatable bonds is 4. The Morgan fingerprint density at radius 2 is 1.85 bits per heavy atom. The number of hydrogen-bond donors (Lipinski definition) is 1. The van der Waals surface area contributed by atoms with Crippen LogP contribution in [0.25, 0.3) is 0 Å². The second kappa shape index (κ2) is 5.30. The molecule has 20 heavy (non-hydrogen) atoms. The highest BCUT2D eigenvalue weighted by Crippen LogP contribution is 2.20. The predicted octanol–water partition coefficient (Wildman–Crippen LogP) is 2.08. The number of benzene rings is 1. The second-order valence-corrected chi connectivity index (χ2v) is 9.05. The number of carbonyl (C=O) groups is 1. The zero-order valence-electron chi connectivity index (χ0n) is 12.2. The van der Waals surface area contributed by atoms with Gasteiger partial charge in [0.05, 0.1) is 10.5 Å². The van der Waals surface area contributed by atoms with E-state index in [-0.39, 0.29) is 18.0 Å². The molecule has 0 aromatic heterocycles. The van der Waals surface area contributed by atoms with Gasteiger partial charge in [-0.15, -0.1) is 0 Å². The van der Waals surface area contributed by atoms with Crippen LogP contribution in [0, 0.1) is 0 Å². The van der Waals surface area contributed by atoms with Gasteiger partial charge in [0.1, 0.15) is 0 Å². The lowest BCUT2D eigenvalue weighted by molar-refractivity contribution is 0.0988. The van der Waals surface area contributed by atoms with E-state index >= 15 is 0 Å². The molecule has 0 unspecified atom stereocenters. The van der Waals surface area contributed by atoms with Crippen LogP contribution in [-0.4, -0.2) is 24.7 Å². The fraction of sp³-hybridized carbons (Fsp3) is 0.533. The molecule has 0 fully saturated rings. The van der Waals surface area contributed by atoms with Crippen molar-refractivity contribution in [1.82, 2.24) is 5.32 Å². The van der Waals surface area contributed by atoms with Crippen LogP contribution in [0.2, 0.25) is 0 Å². The Kier molecular flexibility index (Phi) is 4.02. The lowest BCUT2D eigenvalue weighted by Gasteiger charge is -2.18. The van der Waals surface area contributed by atoms with E-state index in [9.17, 15) is 13.2 Å². The summed E-state index contributed by atoms with van der Waals surface area (Å²) in [4.78, 5) is 12.1. The van der Waals surface area contributed by atoms with Crippen molar-refractivity contribution in [2.45, 2.75) is 45.0 Å². The molecule has 2 rings (SSSR count). The van der Waals surface area contributed by atoms with Gasteiger partial charge in [0, 0.05) is 25.1 Å². The summed E-state index contributed by atoms with van der Waals surface area (Å²) in [6, 6.07) is 5.61. The van der Waals surface area contributed by atoms with Gasteiger partial charge < -0.3 is 5.32 Å². The van der Waals surface area contributed by atoms with E-state index in [1.807, 2.05) is 12.1 Å². The van der Waals surface area contributed by atoms with Gasteiger partial charge in [-0.3, -0.25) is 4.79 Å². The summed E-state index contributed by atoms with van der Waals surface area (Å²) in [5.41, 5.74) is 2.95. The predicted molar refractivity (Wildman–Crippen MR) is 79.5 cm³/mol. The van der Waals surface area contributed by atoms with E-state index in [0.29, 0.717) is 5.56 Å². The first-order valence-corrected chi connectivity index (χ1v) is 8.44. The Balaban J connectivity index is 2.06. The number of carbonyl (C=O) groups excluding carboxylic acids is 1. The number of nitrogens with one attached hydrogen (secondary N) is 1. The summed E-state index contributed by atoms with van der Waals surface area (Å²) in [7, 11) is -3.25. The molecular formula is C15H21NO3S. The zero-order chi connectivity index (χ0) is 15.0. The molecule has 0 bridgehead atoms. The van der Waals surface area contributed by atoms with Gasteiger partial charge in [-0.05, 0) is 38.0 Å². The minimum absolute atomic E-state index is 0.0474. The van der Waals surface area contributed by atoms with Crippen LogP contribution >= 0.6 is 0 Å². The van der Waals surface area contributed by atoms with Gasteiger partial charge in [-0.2, -0.15) is 0 Å². The standard InChI is InChI=1S/C15H21NO3S/c1-15(2,3)20(18,19)7-6-14(17)11-4-5-12-9-16-10-13(12)8-11/h4-5,8,16H,6-7,9-10H2,1-3H3. The Hall–Kier alpha value is -1.20. The number of hydrogen-bond acceptors (Lipinski definition) is 4. The fourth-order valence-corrected chi connectivity index (χ4v) is 3.21. The molecule has 1 aromatic carbocycles. The second-order valence-electron chi connectivity index (χ2n) is 6.19. The van der Waals surface area contributed by atoms with Gasteiger partial charge in [-0.1, -0.05) is 12.1 Å². The highest BCUT2D eigenvalue weighted by molar-refractivity contribution is 7.92. The first-order chi connectivity index (χ1) is 9.21. The maximum absolute atomic E-state index is 12.1. The van der Waals surface area contributed by atoms with E-state index < -0.39 is 14.6 Å². The summed E-state index contributed by atoms with van der Waals surface area (Å²) < 4.78 is 23.2. The number of Topliss-reactive ketones (excluding diaryl/α,β-unsaturated/α-hetero) is 1. The van der Waals surface area contributed by atoms with Crippen molar-refractivity contribution in [2.75, 3.05) is 5.75 Å². The SMILES string of the molecule is CC(C)(C)S(=O)(=O)CCC(=O)c1ccc2c(c1)CNC2. The molecule has 0 atom stereocenters. The molecule has 0 saturated heterocycles. The maximum atomic E-state index is 12.1. The van der Waals surface area contributed by atoms with Crippen molar-refractivity contribution in [3.8, 4) is 0 Å². The van der Waals surface area contributed by atoms with E-state index in [1.54, 1.807) is 26.8 Å². The normalized spacial score (nSPS) is 15.2. The molecule has 1 N–H and O–H groups in total. The Morgan fingerprint density at radius 3 is 2.50 bits per heavy atom. The summed E-state index contributed by atoms with van der Waals surface area (Å²) in [5.74, 6) is -0.197. The average molecular weight is 295 g/mol. The Morgan fingerprint density at radius 1 is 1.20 bits per heavy atom. The van der Waals surface area contributed by atoms with E-state index in [4.69, 9.17) is 0 Å². The molecule has 0 spiro atoms. The van der Waals surface area contributed by atoms with Crippen molar-refractivity contribution in [3.63, 3.8) is 0 Å². The van der Waals surface area contributed by atoms with Crippen LogP contribution in [0.5, 0.6) is 0 Å². The first-order valence-electron chi connectivity index (χ1n) is 6.79. The van der Waals surface area contributed by atoms with Crippen LogP contribution in [0.3, 0.4) is 0 Å². The van der Waals surface area contributed by atoms with Crippen molar-refractivity contribution < 1.29 is 13.2 Å². The van der Waals surface area contributed by atoms with Crippen LogP contribution in [-0.2, 0) is 22.9 Å². The summed E-state index contributed by atoms with van der Waals surface area (Å²) in [6.07, 6.45) is 0.0474. The lowest BCUT2D eigenvalue weighted by atomic mass is 10.0. The Bertz CT molecular complexity index is 627. The molecule has 1 aliphatic rings. The number of fused-ring (bicyclic) bond motifs is 1. The van der Waals surface area contributed by atoms with Gasteiger partial charge in [0.25, 0.3) is 0 Å².